The molecule has 0 fully saturated rings. The Morgan fingerprint density at radius 1 is 1.10 bits per heavy atom. The van der Waals surface area contributed by atoms with Gasteiger partial charge in [0.1, 0.15) is 5.75 Å². The van der Waals surface area contributed by atoms with E-state index in [1.807, 2.05) is 47.9 Å². The molecule has 2 N–H and O–H groups in total. The van der Waals surface area contributed by atoms with Crippen LogP contribution in [0, 0.1) is 11.7 Å². The van der Waals surface area contributed by atoms with Gasteiger partial charge in [-0.3, -0.25) is 9.67 Å². The van der Waals surface area contributed by atoms with Crippen molar-refractivity contribution < 1.29 is 5.11 Å². The largest absolute Gasteiger partial charge is 0.508 e. The van der Waals surface area contributed by atoms with Crippen molar-refractivity contribution in [1.82, 2.24) is 14.8 Å². The number of phenolic OH excluding ortho intramolecular Hbond substituents is 1. The molecule has 1 heterocycles. The van der Waals surface area contributed by atoms with E-state index in [-0.39, 0.29) is 5.75 Å². The van der Waals surface area contributed by atoms with Gasteiger partial charge in [-0.2, -0.15) is 5.10 Å². The summed E-state index contributed by atoms with van der Waals surface area (Å²) in [4.78, 5) is 0. The number of phenols is 1. The van der Waals surface area contributed by atoms with Gasteiger partial charge in [0, 0.05) is 16.8 Å². The Morgan fingerprint density at radius 2 is 1.85 bits per heavy atom. The van der Waals surface area contributed by atoms with Crippen molar-refractivity contribution in [2.45, 2.75) is 6.92 Å². The van der Waals surface area contributed by atoms with Gasteiger partial charge in [0.15, 0.2) is 10.6 Å². The molecule has 4 nitrogen and oxygen atoms in total. The molecular formula is C15H13N3OS. The summed E-state index contributed by atoms with van der Waals surface area (Å²) in [5, 5.41) is 17.0. The highest BCUT2D eigenvalue weighted by Crippen LogP contribution is 2.29. The van der Waals surface area contributed by atoms with Crippen LogP contribution < -0.4 is 0 Å². The molecule has 0 spiro atoms. The van der Waals surface area contributed by atoms with E-state index in [1.165, 1.54) is 0 Å². The second-order valence-electron chi connectivity index (χ2n) is 4.47. The van der Waals surface area contributed by atoms with Crippen LogP contribution in [0.4, 0.5) is 0 Å². The number of benzene rings is 2. The highest BCUT2D eigenvalue weighted by Gasteiger charge is 2.14. The molecule has 3 aromatic rings. The molecule has 1 aromatic heterocycles. The summed E-state index contributed by atoms with van der Waals surface area (Å²) in [6, 6.07) is 15.1. The maximum absolute atomic E-state index is 9.86. The highest BCUT2D eigenvalue weighted by atomic mass is 32.1. The first-order valence-corrected chi connectivity index (χ1v) is 6.61. The fraction of sp³-hybridized carbons (Fsp3) is 0.0667. The molecule has 0 atom stereocenters. The van der Waals surface area contributed by atoms with Crippen molar-refractivity contribution in [3.05, 3.63) is 58.9 Å². The second-order valence-corrected chi connectivity index (χ2v) is 4.86. The number of nitrogens with zero attached hydrogens (tertiary/aromatic N) is 2. The minimum Gasteiger partial charge on any atom is -0.508 e. The number of hydrogen-bond acceptors (Lipinski definition) is 3. The van der Waals surface area contributed by atoms with Crippen LogP contribution in [0.2, 0.25) is 0 Å². The minimum absolute atomic E-state index is 0.246. The van der Waals surface area contributed by atoms with Crippen molar-refractivity contribution in [1.29, 1.82) is 0 Å². The van der Waals surface area contributed by atoms with Crippen LogP contribution in [0.3, 0.4) is 0 Å². The normalized spacial score (nSPS) is 10.7. The maximum Gasteiger partial charge on any atom is 0.200 e. The number of para-hydroxylation sites is 1. The van der Waals surface area contributed by atoms with Gasteiger partial charge in [0.25, 0.3) is 0 Å². The van der Waals surface area contributed by atoms with E-state index in [4.69, 9.17) is 12.2 Å². The van der Waals surface area contributed by atoms with Crippen molar-refractivity contribution in [2.24, 2.45) is 0 Å². The van der Waals surface area contributed by atoms with Crippen molar-refractivity contribution in [3.8, 4) is 22.8 Å². The molecule has 0 radical (unpaired) electrons. The van der Waals surface area contributed by atoms with Crippen LogP contribution in [-0.4, -0.2) is 19.9 Å². The van der Waals surface area contributed by atoms with Gasteiger partial charge in [-0.15, -0.1) is 0 Å². The van der Waals surface area contributed by atoms with Crippen LogP contribution >= 0.6 is 12.2 Å². The Kier molecular flexibility index (Phi) is 3.12. The monoisotopic (exact) mass is 283 g/mol. The fourth-order valence-electron chi connectivity index (χ4n) is 2.16. The van der Waals surface area contributed by atoms with Gasteiger partial charge in [-0.1, -0.05) is 30.3 Å². The molecule has 3 rings (SSSR count). The molecule has 0 saturated carbocycles. The number of nitrogens with one attached hydrogen (secondary N) is 1. The van der Waals surface area contributed by atoms with Crippen LogP contribution in [0.5, 0.6) is 5.75 Å². The van der Waals surface area contributed by atoms with E-state index < -0.39 is 0 Å². The van der Waals surface area contributed by atoms with Gasteiger partial charge < -0.3 is 5.11 Å². The van der Waals surface area contributed by atoms with Gasteiger partial charge in [0.05, 0.1) is 0 Å². The molecule has 0 amide bonds. The van der Waals surface area contributed by atoms with E-state index >= 15 is 0 Å². The Bertz CT molecular complexity index is 805. The Balaban J connectivity index is 2.27. The molecule has 2 aromatic carbocycles. The summed E-state index contributed by atoms with van der Waals surface area (Å²) in [6.07, 6.45) is 0. The Morgan fingerprint density at radius 3 is 2.60 bits per heavy atom. The minimum atomic E-state index is 0.246. The van der Waals surface area contributed by atoms with Crippen molar-refractivity contribution in [3.63, 3.8) is 0 Å². The third kappa shape index (κ3) is 2.02. The molecule has 0 unspecified atom stereocenters. The van der Waals surface area contributed by atoms with E-state index in [2.05, 4.69) is 10.2 Å². The third-order valence-electron chi connectivity index (χ3n) is 3.23. The van der Waals surface area contributed by atoms with E-state index in [1.54, 1.807) is 12.1 Å². The van der Waals surface area contributed by atoms with Crippen LogP contribution in [0.15, 0.2) is 48.5 Å². The lowest BCUT2D eigenvalue weighted by atomic mass is 10.1. The molecule has 0 saturated heterocycles. The number of rotatable bonds is 2. The molecule has 100 valence electrons. The number of H-pyrrole nitrogens is 1. The first-order valence-electron chi connectivity index (χ1n) is 6.20. The first kappa shape index (κ1) is 12.6. The molecule has 0 aliphatic carbocycles. The lowest BCUT2D eigenvalue weighted by molar-refractivity contribution is 0.471. The van der Waals surface area contributed by atoms with Crippen LogP contribution in [0.25, 0.3) is 17.1 Å². The highest BCUT2D eigenvalue weighted by molar-refractivity contribution is 7.71. The number of aromatic nitrogens is 3. The third-order valence-corrected chi connectivity index (χ3v) is 3.51. The summed E-state index contributed by atoms with van der Waals surface area (Å²) < 4.78 is 2.38. The molecular weight excluding hydrogens is 270 g/mol. The zero-order valence-corrected chi connectivity index (χ0v) is 11.7. The summed E-state index contributed by atoms with van der Waals surface area (Å²) in [6.45, 7) is 1.86. The van der Waals surface area contributed by atoms with E-state index in [9.17, 15) is 5.11 Å². The predicted octanol–water partition coefficient (Wildman–Crippen LogP) is 3.61. The number of hydrogen-bond donors (Lipinski definition) is 2. The zero-order chi connectivity index (χ0) is 14.1. The lowest BCUT2D eigenvalue weighted by Crippen LogP contribution is -1.98. The lowest BCUT2D eigenvalue weighted by Gasteiger charge is -2.09. The number of aromatic amines is 1. The topological polar surface area (TPSA) is 53.8 Å². The average Bonchev–Trinajstić information content (AvgIpc) is 2.84. The molecule has 0 aliphatic rings. The van der Waals surface area contributed by atoms with Crippen molar-refractivity contribution >= 4 is 12.2 Å². The van der Waals surface area contributed by atoms with E-state index in [0.29, 0.717) is 10.6 Å². The Labute approximate surface area is 121 Å². The molecule has 5 heteroatoms. The maximum atomic E-state index is 9.86. The zero-order valence-electron chi connectivity index (χ0n) is 10.9. The van der Waals surface area contributed by atoms with E-state index in [0.717, 1.165) is 16.8 Å². The first-order chi connectivity index (χ1) is 9.68. The summed E-state index contributed by atoms with van der Waals surface area (Å²) >= 11 is 5.31. The Hall–Kier alpha value is -2.40. The summed E-state index contributed by atoms with van der Waals surface area (Å²) in [5.74, 6) is 0.936. The second kappa shape index (κ2) is 4.94. The average molecular weight is 283 g/mol. The quantitative estimate of drug-likeness (QED) is 0.706. The van der Waals surface area contributed by atoms with Gasteiger partial charge >= 0.3 is 0 Å². The summed E-state index contributed by atoms with van der Waals surface area (Å²) in [5.41, 5.74) is 2.56. The van der Waals surface area contributed by atoms with Crippen LogP contribution in [0.1, 0.15) is 5.56 Å². The SMILES string of the molecule is Cc1c(O)cccc1-c1n[nH]c(=S)n1-c1ccccc1. The fourth-order valence-corrected chi connectivity index (χ4v) is 2.40. The van der Waals surface area contributed by atoms with Gasteiger partial charge in [0.2, 0.25) is 0 Å². The van der Waals surface area contributed by atoms with Gasteiger partial charge in [-0.05, 0) is 37.3 Å². The molecule has 20 heavy (non-hydrogen) atoms. The smallest absolute Gasteiger partial charge is 0.200 e. The van der Waals surface area contributed by atoms with Crippen LogP contribution in [-0.2, 0) is 0 Å². The van der Waals surface area contributed by atoms with Gasteiger partial charge in [-0.25, -0.2) is 0 Å². The number of aromatic hydroxyl groups is 1. The van der Waals surface area contributed by atoms with Crippen molar-refractivity contribution in [2.75, 3.05) is 0 Å². The molecule has 0 bridgehead atoms. The predicted molar refractivity (Wildman–Crippen MR) is 80.6 cm³/mol. The molecule has 0 aliphatic heterocycles. The standard InChI is InChI=1S/C15H13N3OS/c1-10-12(8-5-9-13(10)19)14-16-17-15(20)18(14)11-6-3-2-4-7-11/h2-9,19H,1H3,(H,17,20). The summed E-state index contributed by atoms with van der Waals surface area (Å²) in [7, 11) is 0.